The highest BCUT2D eigenvalue weighted by Gasteiger charge is 2.11. The van der Waals surface area contributed by atoms with Gasteiger partial charge in [0, 0.05) is 0 Å². The molecule has 2 aromatic rings. The minimum atomic E-state index is -1.32. The molecular weight excluding hydrogens is 345 g/mol. The van der Waals surface area contributed by atoms with E-state index in [-0.39, 0.29) is 5.69 Å². The van der Waals surface area contributed by atoms with Crippen molar-refractivity contribution in [3.63, 3.8) is 0 Å². The molecule has 2 rings (SSSR count). The molecule has 1 atom stereocenters. The fourth-order valence-electron chi connectivity index (χ4n) is 1.76. The van der Waals surface area contributed by atoms with Crippen LogP contribution in [0.5, 0.6) is 5.75 Å². The molecule has 0 heterocycles. The lowest BCUT2D eigenvalue weighted by Gasteiger charge is -2.08. The first-order chi connectivity index (χ1) is 9.51. The molecule has 0 aliphatic rings. The molecule has 0 radical (unpaired) electrons. The van der Waals surface area contributed by atoms with Crippen molar-refractivity contribution in [3.8, 4) is 5.75 Å². The molecule has 0 saturated heterocycles. The van der Waals surface area contributed by atoms with E-state index in [1.54, 1.807) is 13.2 Å². The number of ether oxygens (including phenoxy) is 1. The highest BCUT2D eigenvalue weighted by Crippen LogP contribution is 2.27. The molecule has 2 N–H and O–H groups in total. The predicted octanol–water partition coefficient (Wildman–Crippen LogP) is 3.49. The second-order valence-corrected chi connectivity index (χ2v) is 6.41. The largest absolute Gasteiger partial charge is 0.496 e. The number of rotatable bonds is 4. The van der Waals surface area contributed by atoms with Gasteiger partial charge >= 0.3 is 0 Å². The second-order valence-electron chi connectivity index (χ2n) is 4.14. The van der Waals surface area contributed by atoms with Crippen LogP contribution < -0.4 is 10.5 Å². The van der Waals surface area contributed by atoms with E-state index >= 15 is 0 Å². The first kappa shape index (κ1) is 15.0. The Morgan fingerprint density at radius 3 is 2.65 bits per heavy atom. The van der Waals surface area contributed by atoms with Crippen LogP contribution in [0.3, 0.4) is 0 Å². The Bertz CT molecular complexity index is 664. The smallest absolute Gasteiger partial charge is 0.133 e. The van der Waals surface area contributed by atoms with E-state index in [0.717, 1.165) is 10.0 Å². The van der Waals surface area contributed by atoms with E-state index in [1.807, 2.05) is 12.1 Å². The highest BCUT2D eigenvalue weighted by molar-refractivity contribution is 9.10. The minimum Gasteiger partial charge on any atom is -0.496 e. The summed E-state index contributed by atoms with van der Waals surface area (Å²) in [5.41, 5.74) is 6.77. The lowest BCUT2D eigenvalue weighted by molar-refractivity contribution is 0.412. The Balaban J connectivity index is 2.21. The number of nitrogens with two attached hydrogens (primary N) is 1. The van der Waals surface area contributed by atoms with Crippen molar-refractivity contribution in [2.45, 2.75) is 10.6 Å². The molecule has 2 aromatic carbocycles. The Labute approximate surface area is 127 Å². The molecule has 20 heavy (non-hydrogen) atoms. The molecule has 0 bridgehead atoms. The maximum Gasteiger partial charge on any atom is 0.133 e. The van der Waals surface area contributed by atoms with Gasteiger partial charge in [0.15, 0.2) is 0 Å². The Kier molecular flexibility index (Phi) is 4.77. The summed E-state index contributed by atoms with van der Waals surface area (Å²) < 4.78 is 31.2. The number of anilines is 1. The number of hydrogen-bond acceptors (Lipinski definition) is 3. The second kappa shape index (κ2) is 6.37. The zero-order chi connectivity index (χ0) is 14.7. The van der Waals surface area contributed by atoms with Crippen LogP contribution in [-0.2, 0) is 16.6 Å². The summed E-state index contributed by atoms with van der Waals surface area (Å²) in [6, 6.07) is 9.37. The Morgan fingerprint density at radius 2 is 2.05 bits per heavy atom. The summed E-state index contributed by atoms with van der Waals surface area (Å²) in [5, 5.41) is 0. The average Bonchev–Trinajstić information content (AvgIpc) is 2.38. The average molecular weight is 358 g/mol. The van der Waals surface area contributed by atoms with Crippen molar-refractivity contribution in [2.75, 3.05) is 12.8 Å². The van der Waals surface area contributed by atoms with Gasteiger partial charge in [-0.2, -0.15) is 0 Å². The maximum atomic E-state index is 13.0. The number of hydrogen-bond donors (Lipinski definition) is 1. The van der Waals surface area contributed by atoms with E-state index in [9.17, 15) is 8.60 Å². The van der Waals surface area contributed by atoms with Gasteiger partial charge in [-0.3, -0.25) is 4.21 Å². The fourth-order valence-corrected chi connectivity index (χ4v) is 3.52. The van der Waals surface area contributed by atoms with Crippen molar-refractivity contribution in [1.29, 1.82) is 0 Å². The standard InChI is InChI=1S/C14H13BrFNO2S/c1-19-13-4-2-9(6-11(13)15)8-20(18)14-5-3-10(16)7-12(14)17/h2-7H,8,17H2,1H3. The van der Waals surface area contributed by atoms with Crippen LogP contribution in [0.4, 0.5) is 10.1 Å². The number of benzene rings is 2. The molecule has 0 aliphatic heterocycles. The van der Waals surface area contributed by atoms with Crippen molar-refractivity contribution >= 4 is 32.4 Å². The van der Waals surface area contributed by atoms with E-state index in [0.29, 0.717) is 16.4 Å². The van der Waals surface area contributed by atoms with Crippen LogP contribution >= 0.6 is 15.9 Å². The number of nitrogen functional groups attached to an aromatic ring is 1. The number of methoxy groups -OCH3 is 1. The SMILES string of the molecule is COc1ccc(CS(=O)c2ccc(F)cc2N)cc1Br. The third-order valence-electron chi connectivity index (χ3n) is 2.73. The lowest BCUT2D eigenvalue weighted by Crippen LogP contribution is -2.01. The molecular formula is C14H13BrFNO2S. The van der Waals surface area contributed by atoms with Crippen LogP contribution in [-0.4, -0.2) is 11.3 Å². The number of halogens is 2. The van der Waals surface area contributed by atoms with Gasteiger partial charge in [-0.15, -0.1) is 0 Å². The Morgan fingerprint density at radius 1 is 1.30 bits per heavy atom. The normalized spacial score (nSPS) is 12.2. The summed E-state index contributed by atoms with van der Waals surface area (Å²) in [6.07, 6.45) is 0. The molecule has 0 fully saturated rings. The lowest BCUT2D eigenvalue weighted by atomic mass is 10.2. The van der Waals surface area contributed by atoms with Gasteiger partial charge in [0.1, 0.15) is 11.6 Å². The van der Waals surface area contributed by atoms with Crippen molar-refractivity contribution in [2.24, 2.45) is 0 Å². The predicted molar refractivity (Wildman–Crippen MR) is 81.6 cm³/mol. The van der Waals surface area contributed by atoms with Crippen LogP contribution in [0, 0.1) is 5.82 Å². The summed E-state index contributed by atoms with van der Waals surface area (Å²) in [6.45, 7) is 0. The van der Waals surface area contributed by atoms with Gasteiger partial charge in [0.25, 0.3) is 0 Å². The van der Waals surface area contributed by atoms with E-state index in [4.69, 9.17) is 10.5 Å². The van der Waals surface area contributed by atoms with Gasteiger partial charge in [0.2, 0.25) is 0 Å². The molecule has 0 aliphatic carbocycles. The summed E-state index contributed by atoms with van der Waals surface area (Å²) in [5.74, 6) is 0.578. The van der Waals surface area contributed by atoms with Crippen LogP contribution in [0.1, 0.15) is 5.56 Å². The molecule has 106 valence electrons. The van der Waals surface area contributed by atoms with Crippen LogP contribution in [0.25, 0.3) is 0 Å². The third-order valence-corrected chi connectivity index (χ3v) is 4.81. The van der Waals surface area contributed by atoms with Crippen LogP contribution in [0.15, 0.2) is 45.8 Å². The minimum absolute atomic E-state index is 0.205. The molecule has 0 amide bonds. The molecule has 0 aromatic heterocycles. The van der Waals surface area contributed by atoms with Crippen molar-refractivity contribution in [1.82, 2.24) is 0 Å². The monoisotopic (exact) mass is 357 g/mol. The van der Waals surface area contributed by atoms with Crippen LogP contribution in [0.2, 0.25) is 0 Å². The first-order valence-corrected chi connectivity index (χ1v) is 7.88. The van der Waals surface area contributed by atoms with Gasteiger partial charge in [0.05, 0.1) is 38.7 Å². The van der Waals surface area contributed by atoms with Gasteiger partial charge in [-0.1, -0.05) is 6.07 Å². The summed E-state index contributed by atoms with van der Waals surface area (Å²) >= 11 is 3.38. The molecule has 1 unspecified atom stereocenters. The zero-order valence-electron chi connectivity index (χ0n) is 10.7. The quantitative estimate of drug-likeness (QED) is 0.852. The van der Waals surface area contributed by atoms with Gasteiger partial charge < -0.3 is 10.5 Å². The van der Waals surface area contributed by atoms with Gasteiger partial charge in [-0.25, -0.2) is 4.39 Å². The summed E-state index contributed by atoms with van der Waals surface area (Å²) in [4.78, 5) is 0.443. The molecule has 0 spiro atoms. The highest BCUT2D eigenvalue weighted by atomic mass is 79.9. The van der Waals surface area contributed by atoms with E-state index < -0.39 is 16.6 Å². The van der Waals surface area contributed by atoms with E-state index in [2.05, 4.69) is 15.9 Å². The molecule has 6 heteroatoms. The zero-order valence-corrected chi connectivity index (χ0v) is 13.1. The van der Waals surface area contributed by atoms with Gasteiger partial charge in [-0.05, 0) is 51.8 Å². The molecule has 3 nitrogen and oxygen atoms in total. The van der Waals surface area contributed by atoms with Crippen molar-refractivity contribution in [3.05, 3.63) is 52.3 Å². The van der Waals surface area contributed by atoms with E-state index in [1.165, 1.54) is 18.2 Å². The Hall–Kier alpha value is -1.40. The molecule has 0 saturated carbocycles. The van der Waals surface area contributed by atoms with Crippen molar-refractivity contribution < 1.29 is 13.3 Å². The summed E-state index contributed by atoms with van der Waals surface area (Å²) in [7, 11) is 0.256. The third kappa shape index (κ3) is 3.37. The fraction of sp³-hybridized carbons (Fsp3) is 0.143. The first-order valence-electron chi connectivity index (χ1n) is 5.77. The topological polar surface area (TPSA) is 52.3 Å². The maximum absolute atomic E-state index is 13.0.